The Morgan fingerprint density at radius 3 is 2.52 bits per heavy atom. The van der Waals surface area contributed by atoms with E-state index in [1.165, 1.54) is 16.8 Å². The van der Waals surface area contributed by atoms with Crippen LogP contribution < -0.4 is 5.32 Å². The van der Waals surface area contributed by atoms with Crippen LogP contribution in [0.5, 0.6) is 0 Å². The molecule has 3 aliphatic rings. The molecule has 2 fully saturated rings. The lowest BCUT2D eigenvalue weighted by Crippen LogP contribution is -2.51. The molecular weight excluding hydrogens is 316 g/mol. The summed E-state index contributed by atoms with van der Waals surface area (Å²) in [6.45, 7) is 7.23. The highest BCUT2D eigenvalue weighted by molar-refractivity contribution is 5.69. The van der Waals surface area contributed by atoms with Gasteiger partial charge in [-0.1, -0.05) is 6.07 Å². The normalized spacial score (nSPS) is 28.0. The minimum atomic E-state index is -0.432. The fraction of sp³-hybridized carbons (Fsp3) is 0.650. The van der Waals surface area contributed by atoms with Crippen molar-refractivity contribution >= 4 is 11.8 Å². The number of anilines is 1. The Morgan fingerprint density at radius 1 is 1.16 bits per heavy atom. The number of benzene rings is 1. The highest BCUT2D eigenvalue weighted by Gasteiger charge is 2.44. The van der Waals surface area contributed by atoms with E-state index in [0.717, 1.165) is 32.3 Å². The van der Waals surface area contributed by atoms with Gasteiger partial charge in [-0.3, -0.25) is 0 Å². The lowest BCUT2D eigenvalue weighted by molar-refractivity contribution is 0.00684. The summed E-state index contributed by atoms with van der Waals surface area (Å²) >= 11 is 0. The van der Waals surface area contributed by atoms with Gasteiger partial charge in [-0.05, 0) is 69.7 Å². The molecule has 0 aliphatic carbocycles. The molecule has 3 heterocycles. The molecule has 0 unspecified atom stereocenters. The fourth-order valence-corrected chi connectivity index (χ4v) is 4.41. The van der Waals surface area contributed by atoms with E-state index in [1.807, 2.05) is 25.7 Å². The summed E-state index contributed by atoms with van der Waals surface area (Å²) in [6.07, 6.45) is 4.00. The summed E-state index contributed by atoms with van der Waals surface area (Å²) in [5.74, 6) is 0. The quantitative estimate of drug-likeness (QED) is 0.879. The summed E-state index contributed by atoms with van der Waals surface area (Å²) in [5, 5.41) is 3.68. The molecule has 2 saturated heterocycles. The van der Waals surface area contributed by atoms with Crippen molar-refractivity contribution in [3.05, 3.63) is 29.3 Å². The average Bonchev–Trinajstić information content (AvgIpc) is 3.08. The van der Waals surface area contributed by atoms with Gasteiger partial charge in [0.2, 0.25) is 0 Å². The first-order valence-corrected chi connectivity index (χ1v) is 9.36. The molecule has 5 heteroatoms. The summed E-state index contributed by atoms with van der Waals surface area (Å²) in [4.78, 5) is 14.5. The molecule has 1 aromatic rings. The molecule has 0 saturated carbocycles. The summed E-state index contributed by atoms with van der Waals surface area (Å²) in [7, 11) is 0. The predicted octanol–water partition coefficient (Wildman–Crippen LogP) is 4.06. The fourth-order valence-electron chi connectivity index (χ4n) is 4.41. The van der Waals surface area contributed by atoms with E-state index in [4.69, 9.17) is 9.47 Å². The van der Waals surface area contributed by atoms with Crippen molar-refractivity contribution in [3.63, 3.8) is 0 Å². The monoisotopic (exact) mass is 344 g/mol. The maximum atomic E-state index is 12.5. The van der Waals surface area contributed by atoms with Crippen LogP contribution in [0.4, 0.5) is 10.5 Å². The number of nitrogens with one attached hydrogen (secondary N) is 1. The highest BCUT2D eigenvalue weighted by Crippen LogP contribution is 2.38. The van der Waals surface area contributed by atoms with Gasteiger partial charge >= 0.3 is 6.09 Å². The number of hydrogen-bond acceptors (Lipinski definition) is 4. The van der Waals surface area contributed by atoms with Crippen LogP contribution in [0.25, 0.3) is 0 Å². The van der Waals surface area contributed by atoms with E-state index in [-0.39, 0.29) is 6.09 Å². The van der Waals surface area contributed by atoms with Crippen LogP contribution in [-0.2, 0) is 22.7 Å². The summed E-state index contributed by atoms with van der Waals surface area (Å²) in [5.41, 5.74) is 3.32. The number of nitrogens with zero attached hydrogens (tertiary/aromatic N) is 1. The number of hydrogen-bond donors (Lipinski definition) is 1. The van der Waals surface area contributed by atoms with E-state index < -0.39 is 5.60 Å². The van der Waals surface area contributed by atoms with Gasteiger partial charge in [0.25, 0.3) is 0 Å². The third-order valence-corrected chi connectivity index (χ3v) is 5.43. The van der Waals surface area contributed by atoms with Crippen LogP contribution in [0.2, 0.25) is 0 Å². The van der Waals surface area contributed by atoms with Gasteiger partial charge in [-0.15, -0.1) is 0 Å². The van der Waals surface area contributed by atoms with E-state index >= 15 is 0 Å². The Morgan fingerprint density at radius 2 is 1.84 bits per heavy atom. The molecule has 0 radical (unpaired) electrons. The molecule has 5 nitrogen and oxygen atoms in total. The molecule has 2 atom stereocenters. The molecule has 0 spiro atoms. The predicted molar refractivity (Wildman–Crippen MR) is 96.5 cm³/mol. The van der Waals surface area contributed by atoms with Crippen LogP contribution in [0.3, 0.4) is 0 Å². The molecule has 4 rings (SSSR count). The van der Waals surface area contributed by atoms with Gasteiger partial charge in [0.1, 0.15) is 5.60 Å². The lowest BCUT2D eigenvalue weighted by Gasteiger charge is -2.40. The van der Waals surface area contributed by atoms with Crippen molar-refractivity contribution in [3.8, 4) is 0 Å². The van der Waals surface area contributed by atoms with Crippen LogP contribution in [0, 0.1) is 0 Å². The third kappa shape index (κ3) is 3.47. The van der Waals surface area contributed by atoms with Gasteiger partial charge in [0.05, 0.1) is 13.2 Å². The SMILES string of the molecule is CC(C)(C)OC(=O)N1[C@H]2CC[C@H]1CC(Nc1ccc3c(c1)COC3)C2. The van der Waals surface area contributed by atoms with Gasteiger partial charge < -0.3 is 19.7 Å². The summed E-state index contributed by atoms with van der Waals surface area (Å²) in [6, 6.07) is 7.53. The van der Waals surface area contributed by atoms with Crippen molar-refractivity contribution in [1.82, 2.24) is 4.90 Å². The number of amides is 1. The zero-order valence-corrected chi connectivity index (χ0v) is 15.4. The van der Waals surface area contributed by atoms with Crippen LogP contribution in [-0.4, -0.2) is 34.7 Å². The molecule has 2 bridgehead atoms. The van der Waals surface area contributed by atoms with Crippen molar-refractivity contribution in [1.29, 1.82) is 0 Å². The van der Waals surface area contributed by atoms with Crippen molar-refractivity contribution in [2.75, 3.05) is 5.32 Å². The first-order valence-electron chi connectivity index (χ1n) is 9.36. The van der Waals surface area contributed by atoms with Crippen molar-refractivity contribution in [2.24, 2.45) is 0 Å². The van der Waals surface area contributed by atoms with Gasteiger partial charge in [-0.25, -0.2) is 4.79 Å². The van der Waals surface area contributed by atoms with Crippen LogP contribution in [0.15, 0.2) is 18.2 Å². The van der Waals surface area contributed by atoms with Crippen molar-refractivity contribution < 1.29 is 14.3 Å². The average molecular weight is 344 g/mol. The largest absolute Gasteiger partial charge is 0.444 e. The highest BCUT2D eigenvalue weighted by atomic mass is 16.6. The molecule has 1 N–H and O–H groups in total. The topological polar surface area (TPSA) is 50.8 Å². The maximum Gasteiger partial charge on any atom is 0.410 e. The molecule has 25 heavy (non-hydrogen) atoms. The Balaban J connectivity index is 1.40. The number of ether oxygens (including phenoxy) is 2. The van der Waals surface area contributed by atoms with Gasteiger partial charge in [0, 0.05) is 23.8 Å². The second kappa shape index (κ2) is 6.20. The zero-order valence-electron chi connectivity index (χ0n) is 15.4. The minimum Gasteiger partial charge on any atom is -0.444 e. The molecule has 0 aromatic heterocycles. The molecule has 1 aromatic carbocycles. The van der Waals surface area contributed by atoms with Gasteiger partial charge in [0.15, 0.2) is 0 Å². The maximum absolute atomic E-state index is 12.5. The number of fused-ring (bicyclic) bond motifs is 3. The minimum absolute atomic E-state index is 0.145. The van der Waals surface area contributed by atoms with E-state index in [2.05, 4.69) is 23.5 Å². The standard InChI is InChI=1S/C20H28N2O3/c1-20(2,3)25-19(23)22-17-6-7-18(22)10-16(9-17)21-15-5-4-13-11-24-12-14(13)8-15/h4-5,8,16-18,21H,6-7,9-12H2,1-3H3/t17-,18-/m0/s1. The Kier molecular flexibility index (Phi) is 4.14. The zero-order chi connectivity index (χ0) is 17.6. The number of carbonyl (C=O) groups is 1. The molecule has 136 valence electrons. The second-order valence-corrected chi connectivity index (χ2v) is 8.56. The first kappa shape index (κ1) is 16.7. The molecular formula is C20H28N2O3. The van der Waals surface area contributed by atoms with Crippen LogP contribution >= 0.6 is 0 Å². The number of rotatable bonds is 2. The Labute approximate surface area is 149 Å². The third-order valence-electron chi connectivity index (χ3n) is 5.43. The van der Waals surface area contributed by atoms with E-state index in [9.17, 15) is 4.79 Å². The van der Waals surface area contributed by atoms with Gasteiger partial charge in [-0.2, -0.15) is 0 Å². The number of piperidine rings is 1. The summed E-state index contributed by atoms with van der Waals surface area (Å²) < 4.78 is 11.1. The smallest absolute Gasteiger partial charge is 0.410 e. The van der Waals surface area contributed by atoms with E-state index in [1.54, 1.807) is 0 Å². The lowest BCUT2D eigenvalue weighted by atomic mass is 9.97. The Bertz CT molecular complexity index is 653. The van der Waals surface area contributed by atoms with Crippen LogP contribution in [0.1, 0.15) is 57.6 Å². The van der Waals surface area contributed by atoms with Crippen molar-refractivity contribution in [2.45, 2.75) is 83.4 Å². The van der Waals surface area contributed by atoms with E-state index in [0.29, 0.717) is 24.7 Å². The molecule has 3 aliphatic heterocycles. The second-order valence-electron chi connectivity index (χ2n) is 8.56. The molecule has 1 amide bonds. The first-order chi connectivity index (χ1) is 11.9. The Hall–Kier alpha value is -1.75. The number of carbonyl (C=O) groups excluding carboxylic acids is 1.